The summed E-state index contributed by atoms with van der Waals surface area (Å²) in [6, 6.07) is 12.4. The average molecular weight is 396 g/mol. The highest BCUT2D eigenvalue weighted by molar-refractivity contribution is 6.01. The van der Waals surface area contributed by atoms with E-state index < -0.39 is 0 Å². The minimum Gasteiger partial charge on any atom is -0.490 e. The second-order valence-corrected chi connectivity index (χ2v) is 7.22. The fraction of sp³-hybridized carbons (Fsp3) is 0.400. The minimum atomic E-state index is 0.325. The van der Waals surface area contributed by atoms with E-state index in [0.29, 0.717) is 19.1 Å². The zero-order chi connectivity index (χ0) is 21.2. The molecule has 0 bridgehead atoms. The summed E-state index contributed by atoms with van der Waals surface area (Å²) in [5, 5.41) is 4.25. The first kappa shape index (κ1) is 22.5. The van der Waals surface area contributed by atoms with Crippen molar-refractivity contribution in [1.82, 2.24) is 0 Å². The third kappa shape index (κ3) is 6.38. The summed E-state index contributed by atoms with van der Waals surface area (Å²) in [4.78, 5) is 5.07. The van der Waals surface area contributed by atoms with Gasteiger partial charge in [-0.05, 0) is 67.6 Å². The lowest BCUT2D eigenvalue weighted by Gasteiger charge is -2.16. The van der Waals surface area contributed by atoms with Gasteiger partial charge < -0.3 is 14.3 Å². The van der Waals surface area contributed by atoms with E-state index in [1.165, 1.54) is 0 Å². The maximum absolute atomic E-state index is 6.18. The normalized spacial score (nSPS) is 12.8. The van der Waals surface area contributed by atoms with Crippen LogP contribution in [-0.2, 0) is 11.4 Å². The van der Waals surface area contributed by atoms with E-state index in [9.17, 15) is 0 Å². The molecule has 0 aliphatic rings. The Balaban J connectivity index is 2.15. The fourth-order valence-electron chi connectivity index (χ4n) is 3.16. The van der Waals surface area contributed by atoms with Gasteiger partial charge in [-0.2, -0.15) is 0 Å². The SMILES string of the molecule is C/C=C/COc1cc(C)c(OCc2cccc(C(=NOC)C(C)CC)c2)c(C)c1. The van der Waals surface area contributed by atoms with Gasteiger partial charge in [0.15, 0.2) is 0 Å². The van der Waals surface area contributed by atoms with Crippen LogP contribution in [-0.4, -0.2) is 19.4 Å². The molecule has 2 rings (SSSR count). The van der Waals surface area contributed by atoms with E-state index in [4.69, 9.17) is 14.3 Å². The molecule has 2 aromatic rings. The van der Waals surface area contributed by atoms with Crippen molar-refractivity contribution in [3.05, 3.63) is 70.8 Å². The second-order valence-electron chi connectivity index (χ2n) is 7.22. The summed E-state index contributed by atoms with van der Waals surface area (Å²) < 4.78 is 11.9. The molecule has 4 nitrogen and oxygen atoms in total. The van der Waals surface area contributed by atoms with Crippen LogP contribution < -0.4 is 9.47 Å². The van der Waals surface area contributed by atoms with Crippen LogP contribution in [0.25, 0.3) is 0 Å². The highest BCUT2D eigenvalue weighted by atomic mass is 16.6. The molecule has 0 saturated carbocycles. The molecule has 0 spiro atoms. The van der Waals surface area contributed by atoms with Crippen molar-refractivity contribution >= 4 is 5.71 Å². The molecule has 156 valence electrons. The van der Waals surface area contributed by atoms with Crippen LogP contribution >= 0.6 is 0 Å². The molecule has 1 atom stereocenters. The average Bonchev–Trinajstić information content (AvgIpc) is 2.71. The maximum atomic E-state index is 6.18. The van der Waals surface area contributed by atoms with Crippen molar-refractivity contribution in [1.29, 1.82) is 0 Å². The molecule has 0 aliphatic heterocycles. The van der Waals surface area contributed by atoms with Crippen LogP contribution in [0.5, 0.6) is 11.5 Å². The van der Waals surface area contributed by atoms with E-state index >= 15 is 0 Å². The van der Waals surface area contributed by atoms with E-state index in [1.807, 2.05) is 51.1 Å². The Morgan fingerprint density at radius 2 is 1.83 bits per heavy atom. The largest absolute Gasteiger partial charge is 0.490 e. The molecule has 0 heterocycles. The number of benzene rings is 2. The molecule has 29 heavy (non-hydrogen) atoms. The highest BCUT2D eigenvalue weighted by Crippen LogP contribution is 2.29. The number of hydrogen-bond donors (Lipinski definition) is 0. The summed E-state index contributed by atoms with van der Waals surface area (Å²) in [5.41, 5.74) is 5.27. The van der Waals surface area contributed by atoms with Crippen LogP contribution in [0.3, 0.4) is 0 Å². The van der Waals surface area contributed by atoms with Crippen LogP contribution in [0.4, 0.5) is 0 Å². The monoisotopic (exact) mass is 395 g/mol. The van der Waals surface area contributed by atoms with Crippen LogP contribution in [0, 0.1) is 19.8 Å². The van der Waals surface area contributed by atoms with Gasteiger partial charge in [0.2, 0.25) is 0 Å². The van der Waals surface area contributed by atoms with Gasteiger partial charge in [0.05, 0.1) is 5.71 Å². The van der Waals surface area contributed by atoms with E-state index in [0.717, 1.165) is 45.9 Å². The number of aryl methyl sites for hydroxylation is 2. The molecule has 1 unspecified atom stereocenters. The zero-order valence-corrected chi connectivity index (χ0v) is 18.5. The molecule has 2 aromatic carbocycles. The molecule has 0 fully saturated rings. The summed E-state index contributed by atoms with van der Waals surface area (Å²) >= 11 is 0. The van der Waals surface area contributed by atoms with Crippen LogP contribution in [0.15, 0.2) is 53.7 Å². The number of oxime groups is 1. The smallest absolute Gasteiger partial charge is 0.125 e. The predicted octanol–water partition coefficient (Wildman–Crippen LogP) is 6.23. The fourth-order valence-corrected chi connectivity index (χ4v) is 3.16. The molecular formula is C25H33NO3. The molecule has 0 saturated heterocycles. The Kier molecular flexibility index (Phi) is 8.78. The third-order valence-electron chi connectivity index (χ3n) is 4.89. The first-order valence-electron chi connectivity index (χ1n) is 10.2. The van der Waals surface area contributed by atoms with E-state index in [1.54, 1.807) is 7.11 Å². The van der Waals surface area contributed by atoms with Gasteiger partial charge in [0, 0.05) is 5.92 Å². The van der Waals surface area contributed by atoms with Crippen molar-refractivity contribution in [2.75, 3.05) is 13.7 Å². The lowest BCUT2D eigenvalue weighted by molar-refractivity contribution is 0.211. The lowest BCUT2D eigenvalue weighted by Crippen LogP contribution is -2.13. The summed E-state index contributed by atoms with van der Waals surface area (Å²) in [6.45, 7) is 11.5. The topological polar surface area (TPSA) is 40.0 Å². The second kappa shape index (κ2) is 11.3. The molecule has 4 heteroatoms. The molecule has 0 amide bonds. The van der Waals surface area contributed by atoms with E-state index in [2.05, 4.69) is 37.2 Å². The number of allylic oxidation sites excluding steroid dienone is 1. The first-order chi connectivity index (χ1) is 14.0. The van der Waals surface area contributed by atoms with Gasteiger partial charge in [-0.3, -0.25) is 0 Å². The quantitative estimate of drug-likeness (QED) is 0.272. The van der Waals surface area contributed by atoms with Gasteiger partial charge in [-0.15, -0.1) is 0 Å². The maximum Gasteiger partial charge on any atom is 0.125 e. The van der Waals surface area contributed by atoms with Gasteiger partial charge >= 0.3 is 0 Å². The Bertz CT molecular complexity index is 832. The van der Waals surface area contributed by atoms with Crippen LogP contribution in [0.2, 0.25) is 0 Å². The van der Waals surface area contributed by atoms with Gasteiger partial charge in [-0.25, -0.2) is 0 Å². The van der Waals surface area contributed by atoms with Crippen molar-refractivity contribution < 1.29 is 14.3 Å². The minimum absolute atomic E-state index is 0.325. The van der Waals surface area contributed by atoms with Crippen LogP contribution in [0.1, 0.15) is 49.4 Å². The predicted molar refractivity (Wildman–Crippen MR) is 120 cm³/mol. The Morgan fingerprint density at radius 1 is 1.10 bits per heavy atom. The Hall–Kier alpha value is -2.75. The number of hydrogen-bond acceptors (Lipinski definition) is 4. The van der Waals surface area contributed by atoms with Gasteiger partial charge in [-0.1, -0.05) is 49.4 Å². The molecule has 0 aliphatic carbocycles. The van der Waals surface area contributed by atoms with Gasteiger partial charge in [0.1, 0.15) is 31.8 Å². The summed E-state index contributed by atoms with van der Waals surface area (Å²) in [5.74, 6) is 2.09. The zero-order valence-electron chi connectivity index (χ0n) is 18.5. The first-order valence-corrected chi connectivity index (χ1v) is 10.2. The molecular weight excluding hydrogens is 362 g/mol. The number of nitrogens with zero attached hydrogens (tertiary/aromatic N) is 1. The summed E-state index contributed by atoms with van der Waals surface area (Å²) in [7, 11) is 1.59. The third-order valence-corrected chi connectivity index (χ3v) is 4.89. The Labute approximate surface area is 175 Å². The number of rotatable bonds is 10. The molecule has 0 aromatic heterocycles. The van der Waals surface area contributed by atoms with E-state index in [-0.39, 0.29) is 0 Å². The molecule has 0 N–H and O–H groups in total. The van der Waals surface area contributed by atoms with Crippen molar-refractivity contribution in [3.8, 4) is 11.5 Å². The van der Waals surface area contributed by atoms with Crippen molar-refractivity contribution in [3.63, 3.8) is 0 Å². The lowest BCUT2D eigenvalue weighted by atomic mass is 9.95. The van der Waals surface area contributed by atoms with Crippen molar-refractivity contribution in [2.45, 2.75) is 47.6 Å². The molecule has 0 radical (unpaired) electrons. The summed E-state index contributed by atoms with van der Waals surface area (Å²) in [6.07, 6.45) is 4.97. The Morgan fingerprint density at radius 3 is 2.45 bits per heavy atom. The van der Waals surface area contributed by atoms with Crippen molar-refractivity contribution in [2.24, 2.45) is 11.1 Å². The highest BCUT2D eigenvalue weighted by Gasteiger charge is 2.13. The standard InChI is InChI=1S/C25H33NO3/c1-7-9-13-28-23-14-19(4)25(20(5)15-23)29-17-21-11-10-12-22(16-21)24(26-27-6)18(3)8-2/h7,9-12,14-16,18H,8,13,17H2,1-6H3/b9-7+,26-24?. The van der Waals surface area contributed by atoms with Gasteiger partial charge in [0.25, 0.3) is 0 Å². The number of ether oxygens (including phenoxy) is 2.